The first kappa shape index (κ1) is 11.6. The number of nitrogens with zero attached hydrogens (tertiary/aromatic N) is 2. The van der Waals surface area contributed by atoms with Crippen molar-refractivity contribution in [3.63, 3.8) is 0 Å². The Morgan fingerprint density at radius 2 is 2.40 bits per heavy atom. The molecule has 0 saturated carbocycles. The third kappa shape index (κ3) is 4.54. The summed E-state index contributed by atoms with van der Waals surface area (Å²) in [5.74, 6) is 0. The van der Waals surface area contributed by atoms with E-state index in [2.05, 4.69) is 10.3 Å². The summed E-state index contributed by atoms with van der Waals surface area (Å²) < 4.78 is 5.33. The van der Waals surface area contributed by atoms with Gasteiger partial charge in [-0.15, -0.1) is 0 Å². The van der Waals surface area contributed by atoms with E-state index >= 15 is 0 Å². The van der Waals surface area contributed by atoms with E-state index in [1.807, 2.05) is 32.0 Å². The molecule has 1 atom stereocenters. The predicted octanol–water partition coefficient (Wildman–Crippen LogP) is 1.45. The van der Waals surface area contributed by atoms with E-state index in [0.717, 1.165) is 5.56 Å². The lowest BCUT2D eigenvalue weighted by Gasteiger charge is -2.14. The molecule has 1 aromatic heterocycles. The average Bonchev–Trinajstić information content (AvgIpc) is 2.25. The fraction of sp³-hybridized carbons (Fsp3) is 0.455. The molecule has 0 aromatic carbocycles. The van der Waals surface area contributed by atoms with Gasteiger partial charge >= 0.3 is 0 Å². The lowest BCUT2D eigenvalue weighted by atomic mass is 10.3. The van der Waals surface area contributed by atoms with Crippen LogP contribution in [0.1, 0.15) is 19.4 Å². The Bertz CT molecular complexity index is 318. The number of hydrogen-bond acceptors (Lipinski definition) is 4. The van der Waals surface area contributed by atoms with Crippen LogP contribution in [0.2, 0.25) is 0 Å². The second kappa shape index (κ2) is 6.12. The van der Waals surface area contributed by atoms with Crippen molar-refractivity contribution in [2.75, 3.05) is 0 Å². The first-order chi connectivity index (χ1) is 7.22. The summed E-state index contributed by atoms with van der Waals surface area (Å²) in [6, 6.07) is 5.86. The molecule has 0 bridgehead atoms. The van der Waals surface area contributed by atoms with Crippen LogP contribution in [0.5, 0.6) is 0 Å². The topological polar surface area (TPSA) is 57.9 Å². The van der Waals surface area contributed by atoms with E-state index in [0.29, 0.717) is 6.54 Å². The van der Waals surface area contributed by atoms with Crippen LogP contribution < -0.4 is 5.32 Å². The lowest BCUT2D eigenvalue weighted by Crippen LogP contribution is -2.32. The third-order valence-corrected chi connectivity index (χ3v) is 1.74. The number of nitriles is 1. The fourth-order valence-corrected chi connectivity index (χ4v) is 1.11. The summed E-state index contributed by atoms with van der Waals surface area (Å²) in [7, 11) is 0. The van der Waals surface area contributed by atoms with E-state index in [1.165, 1.54) is 0 Å². The van der Waals surface area contributed by atoms with Crippen molar-refractivity contribution < 1.29 is 4.74 Å². The maximum Gasteiger partial charge on any atom is 0.197 e. The van der Waals surface area contributed by atoms with Crippen molar-refractivity contribution in [1.29, 1.82) is 5.26 Å². The minimum absolute atomic E-state index is 0.0380. The molecule has 0 spiro atoms. The van der Waals surface area contributed by atoms with Gasteiger partial charge in [-0.05, 0) is 25.5 Å². The van der Waals surface area contributed by atoms with Gasteiger partial charge in [0.2, 0.25) is 0 Å². The molecule has 0 aliphatic carbocycles. The smallest absolute Gasteiger partial charge is 0.197 e. The van der Waals surface area contributed by atoms with Gasteiger partial charge in [-0.2, -0.15) is 5.26 Å². The number of hydrogen-bond donors (Lipinski definition) is 1. The summed E-state index contributed by atoms with van der Waals surface area (Å²) in [6.45, 7) is 4.38. The van der Waals surface area contributed by atoms with E-state index in [1.54, 1.807) is 12.4 Å². The molecule has 1 rings (SSSR count). The Morgan fingerprint density at radius 3 is 2.93 bits per heavy atom. The zero-order valence-corrected chi connectivity index (χ0v) is 8.97. The third-order valence-electron chi connectivity index (χ3n) is 1.74. The lowest BCUT2D eigenvalue weighted by molar-refractivity contribution is 0.0201. The van der Waals surface area contributed by atoms with Crippen molar-refractivity contribution in [2.24, 2.45) is 0 Å². The zero-order valence-electron chi connectivity index (χ0n) is 8.97. The Labute approximate surface area is 89.9 Å². The molecule has 1 heterocycles. The number of rotatable bonds is 5. The molecule has 0 radical (unpaired) electrons. The Kier molecular flexibility index (Phi) is 4.75. The van der Waals surface area contributed by atoms with Gasteiger partial charge in [-0.25, -0.2) is 0 Å². The number of aromatic nitrogens is 1. The molecule has 1 N–H and O–H groups in total. The first-order valence-corrected chi connectivity index (χ1v) is 4.89. The average molecular weight is 205 g/mol. The van der Waals surface area contributed by atoms with Gasteiger partial charge in [0.15, 0.2) is 6.23 Å². The second-order valence-corrected chi connectivity index (χ2v) is 3.44. The van der Waals surface area contributed by atoms with Crippen LogP contribution in [-0.4, -0.2) is 17.3 Å². The molecular formula is C11H15N3O. The van der Waals surface area contributed by atoms with E-state index < -0.39 is 6.23 Å². The number of nitrogens with one attached hydrogen (secondary N) is 1. The minimum atomic E-state index is -0.565. The van der Waals surface area contributed by atoms with Crippen LogP contribution >= 0.6 is 0 Å². The van der Waals surface area contributed by atoms with Crippen molar-refractivity contribution in [3.8, 4) is 6.07 Å². The monoisotopic (exact) mass is 205 g/mol. The molecule has 80 valence electrons. The predicted molar refractivity (Wildman–Crippen MR) is 56.7 cm³/mol. The minimum Gasteiger partial charge on any atom is -0.347 e. The molecular weight excluding hydrogens is 190 g/mol. The SMILES string of the molecule is CC(C)OC(C#N)NCc1cccnc1. The van der Waals surface area contributed by atoms with Crippen molar-refractivity contribution in [1.82, 2.24) is 10.3 Å². The Balaban J connectivity index is 2.39. The zero-order chi connectivity index (χ0) is 11.1. The van der Waals surface area contributed by atoms with Gasteiger partial charge in [-0.1, -0.05) is 6.07 Å². The van der Waals surface area contributed by atoms with Gasteiger partial charge in [0, 0.05) is 18.9 Å². The van der Waals surface area contributed by atoms with E-state index in [4.69, 9.17) is 10.00 Å². The highest BCUT2D eigenvalue weighted by molar-refractivity contribution is 5.08. The molecule has 4 nitrogen and oxygen atoms in total. The summed E-state index contributed by atoms with van der Waals surface area (Å²) in [4.78, 5) is 3.99. The van der Waals surface area contributed by atoms with E-state index in [-0.39, 0.29) is 6.10 Å². The Hall–Kier alpha value is -1.44. The number of pyridine rings is 1. The maximum absolute atomic E-state index is 8.80. The van der Waals surface area contributed by atoms with Crippen LogP contribution in [-0.2, 0) is 11.3 Å². The van der Waals surface area contributed by atoms with Gasteiger partial charge in [0.1, 0.15) is 6.07 Å². The van der Waals surface area contributed by atoms with Crippen LogP contribution in [0.3, 0.4) is 0 Å². The highest BCUT2D eigenvalue weighted by atomic mass is 16.5. The largest absolute Gasteiger partial charge is 0.347 e. The van der Waals surface area contributed by atoms with Crippen molar-refractivity contribution in [2.45, 2.75) is 32.7 Å². The maximum atomic E-state index is 8.80. The molecule has 0 fully saturated rings. The summed E-state index contributed by atoms with van der Waals surface area (Å²) in [5, 5.41) is 11.8. The van der Waals surface area contributed by atoms with Gasteiger partial charge in [-0.3, -0.25) is 10.3 Å². The van der Waals surface area contributed by atoms with Crippen LogP contribution in [0, 0.1) is 11.3 Å². The Morgan fingerprint density at radius 1 is 1.60 bits per heavy atom. The molecule has 0 saturated heterocycles. The second-order valence-electron chi connectivity index (χ2n) is 3.44. The van der Waals surface area contributed by atoms with Crippen LogP contribution in [0.4, 0.5) is 0 Å². The molecule has 0 amide bonds. The summed E-state index contributed by atoms with van der Waals surface area (Å²) in [5.41, 5.74) is 1.03. The highest BCUT2D eigenvalue weighted by Crippen LogP contribution is 1.98. The van der Waals surface area contributed by atoms with Crippen LogP contribution in [0.15, 0.2) is 24.5 Å². The normalized spacial score (nSPS) is 12.4. The molecule has 1 unspecified atom stereocenters. The molecule has 0 aliphatic heterocycles. The van der Waals surface area contributed by atoms with Gasteiger partial charge in [0.05, 0.1) is 6.10 Å². The van der Waals surface area contributed by atoms with Gasteiger partial charge < -0.3 is 4.74 Å². The molecule has 0 aliphatic rings. The summed E-state index contributed by atoms with van der Waals surface area (Å²) in [6.07, 6.45) is 2.95. The molecule has 1 aromatic rings. The van der Waals surface area contributed by atoms with Gasteiger partial charge in [0.25, 0.3) is 0 Å². The quantitative estimate of drug-likeness (QED) is 0.739. The fourth-order valence-electron chi connectivity index (χ4n) is 1.11. The van der Waals surface area contributed by atoms with Crippen molar-refractivity contribution in [3.05, 3.63) is 30.1 Å². The number of ether oxygens (including phenoxy) is 1. The molecule has 15 heavy (non-hydrogen) atoms. The van der Waals surface area contributed by atoms with Crippen LogP contribution in [0.25, 0.3) is 0 Å². The first-order valence-electron chi connectivity index (χ1n) is 4.89. The molecule has 4 heteroatoms. The highest BCUT2D eigenvalue weighted by Gasteiger charge is 2.08. The van der Waals surface area contributed by atoms with E-state index in [9.17, 15) is 0 Å². The summed E-state index contributed by atoms with van der Waals surface area (Å²) >= 11 is 0. The van der Waals surface area contributed by atoms with Crippen molar-refractivity contribution >= 4 is 0 Å². The standard InChI is InChI=1S/C11H15N3O/c1-9(2)15-11(6-12)14-8-10-4-3-5-13-7-10/h3-5,7,9,11,14H,8H2,1-2H3.